The zero-order valence-corrected chi connectivity index (χ0v) is 13.0. The molecule has 8 heteroatoms. The van der Waals surface area contributed by atoms with Gasteiger partial charge in [0.1, 0.15) is 0 Å². The number of halogens is 1. The van der Waals surface area contributed by atoms with E-state index in [0.29, 0.717) is 20.8 Å². The minimum atomic E-state index is -0.179. The third-order valence-corrected chi connectivity index (χ3v) is 4.19. The molecule has 0 atom stereocenters. The average molecular weight is 322 g/mol. The quantitative estimate of drug-likeness (QED) is 0.804. The summed E-state index contributed by atoms with van der Waals surface area (Å²) in [5.41, 5.74) is 1.86. The van der Waals surface area contributed by atoms with Crippen LogP contribution in [0.2, 0.25) is 4.34 Å². The molecular formula is C13H12ClN5OS. The van der Waals surface area contributed by atoms with Gasteiger partial charge in [0.25, 0.3) is 11.7 Å². The molecule has 1 N–H and O–H groups in total. The minimum absolute atomic E-state index is 0.179. The fraction of sp³-hybridized carbons (Fsp3) is 0.231. The van der Waals surface area contributed by atoms with Gasteiger partial charge in [-0.05, 0) is 32.0 Å². The van der Waals surface area contributed by atoms with Crippen molar-refractivity contribution in [1.82, 2.24) is 24.9 Å². The maximum Gasteiger partial charge on any atom is 0.261 e. The molecule has 0 aliphatic carbocycles. The molecule has 3 aromatic heterocycles. The lowest BCUT2D eigenvalue weighted by molar-refractivity contribution is 0.0954. The number of hydrogen-bond donors (Lipinski definition) is 1. The van der Waals surface area contributed by atoms with Gasteiger partial charge in [0, 0.05) is 11.4 Å². The van der Waals surface area contributed by atoms with Crippen LogP contribution in [0.5, 0.6) is 0 Å². The standard InChI is InChI=1S/C13H12ClN5OS/c1-7-5-8(2)19-11(17-18-13(19)16-7)6-15-12(20)9-3-4-10(14)21-9/h3-5H,6H2,1-2H3,(H,15,20). The van der Waals surface area contributed by atoms with Crippen molar-refractivity contribution in [3.8, 4) is 0 Å². The highest BCUT2D eigenvalue weighted by Gasteiger charge is 2.12. The van der Waals surface area contributed by atoms with Crippen molar-refractivity contribution in [3.05, 3.63) is 44.6 Å². The first kappa shape index (κ1) is 14.0. The molecule has 0 saturated carbocycles. The highest BCUT2D eigenvalue weighted by Crippen LogP contribution is 2.21. The van der Waals surface area contributed by atoms with Gasteiger partial charge in [0.15, 0.2) is 5.82 Å². The Morgan fingerprint density at radius 2 is 2.19 bits per heavy atom. The van der Waals surface area contributed by atoms with Crippen molar-refractivity contribution in [1.29, 1.82) is 0 Å². The number of carbonyl (C=O) groups excluding carboxylic acids is 1. The molecule has 3 rings (SSSR count). The summed E-state index contributed by atoms with van der Waals surface area (Å²) in [6.45, 7) is 4.14. The summed E-state index contributed by atoms with van der Waals surface area (Å²) in [4.78, 5) is 16.9. The Balaban J connectivity index is 1.81. The van der Waals surface area contributed by atoms with E-state index in [1.165, 1.54) is 11.3 Å². The van der Waals surface area contributed by atoms with Crippen LogP contribution in [0.4, 0.5) is 0 Å². The monoisotopic (exact) mass is 321 g/mol. The molecule has 0 spiro atoms. The summed E-state index contributed by atoms with van der Waals surface area (Å²) in [5, 5.41) is 10.9. The summed E-state index contributed by atoms with van der Waals surface area (Å²) in [5.74, 6) is 1.00. The molecular weight excluding hydrogens is 310 g/mol. The Morgan fingerprint density at radius 1 is 1.38 bits per heavy atom. The Morgan fingerprint density at radius 3 is 2.90 bits per heavy atom. The molecule has 0 aliphatic rings. The van der Waals surface area contributed by atoms with Gasteiger partial charge >= 0.3 is 0 Å². The van der Waals surface area contributed by atoms with Crippen molar-refractivity contribution in [3.63, 3.8) is 0 Å². The number of aryl methyl sites for hydroxylation is 2. The summed E-state index contributed by atoms with van der Waals surface area (Å²) >= 11 is 7.06. The minimum Gasteiger partial charge on any atom is -0.344 e. The van der Waals surface area contributed by atoms with E-state index in [4.69, 9.17) is 11.6 Å². The Labute approximate surface area is 129 Å². The Kier molecular flexibility index (Phi) is 3.60. The highest BCUT2D eigenvalue weighted by molar-refractivity contribution is 7.17. The molecule has 1 amide bonds. The van der Waals surface area contributed by atoms with Crippen LogP contribution >= 0.6 is 22.9 Å². The number of aromatic nitrogens is 4. The van der Waals surface area contributed by atoms with Crippen molar-refractivity contribution < 1.29 is 4.79 Å². The second-order valence-electron chi connectivity index (χ2n) is 4.58. The van der Waals surface area contributed by atoms with Crippen LogP contribution in [0, 0.1) is 13.8 Å². The van der Waals surface area contributed by atoms with Gasteiger partial charge in [0.2, 0.25) is 0 Å². The summed E-state index contributed by atoms with van der Waals surface area (Å²) in [6.07, 6.45) is 0. The molecule has 0 bridgehead atoms. The number of thiophene rings is 1. The molecule has 6 nitrogen and oxygen atoms in total. The predicted molar refractivity (Wildman–Crippen MR) is 80.8 cm³/mol. The maximum atomic E-state index is 12.0. The third-order valence-electron chi connectivity index (χ3n) is 2.96. The zero-order chi connectivity index (χ0) is 15.0. The fourth-order valence-corrected chi connectivity index (χ4v) is 3.05. The van der Waals surface area contributed by atoms with Crippen LogP contribution in [0.15, 0.2) is 18.2 Å². The summed E-state index contributed by atoms with van der Waals surface area (Å²) in [6, 6.07) is 5.34. The van der Waals surface area contributed by atoms with Gasteiger partial charge in [-0.3, -0.25) is 9.20 Å². The zero-order valence-electron chi connectivity index (χ0n) is 11.4. The normalized spacial score (nSPS) is 11.0. The molecule has 108 valence electrons. The van der Waals surface area contributed by atoms with E-state index in [9.17, 15) is 4.79 Å². The SMILES string of the molecule is Cc1cc(C)n2c(CNC(=O)c3ccc(Cl)s3)nnc2n1. The predicted octanol–water partition coefficient (Wildman–Crippen LogP) is 2.39. The molecule has 0 aromatic carbocycles. The molecule has 0 fully saturated rings. The van der Waals surface area contributed by atoms with Crippen LogP contribution in [0.1, 0.15) is 26.9 Å². The van der Waals surface area contributed by atoms with Gasteiger partial charge in [-0.1, -0.05) is 11.6 Å². The van der Waals surface area contributed by atoms with Gasteiger partial charge < -0.3 is 5.32 Å². The number of nitrogens with one attached hydrogen (secondary N) is 1. The van der Waals surface area contributed by atoms with E-state index in [1.807, 2.05) is 24.3 Å². The largest absolute Gasteiger partial charge is 0.344 e. The highest BCUT2D eigenvalue weighted by atomic mass is 35.5. The molecule has 0 radical (unpaired) electrons. The number of nitrogens with zero attached hydrogens (tertiary/aromatic N) is 4. The van der Waals surface area contributed by atoms with Gasteiger partial charge in [-0.15, -0.1) is 21.5 Å². The Hall–Kier alpha value is -1.99. The third kappa shape index (κ3) is 2.74. The van der Waals surface area contributed by atoms with Gasteiger partial charge in [0.05, 0.1) is 15.8 Å². The van der Waals surface area contributed by atoms with E-state index in [1.54, 1.807) is 12.1 Å². The van der Waals surface area contributed by atoms with Crippen molar-refractivity contribution >= 4 is 34.6 Å². The van der Waals surface area contributed by atoms with E-state index in [2.05, 4.69) is 20.5 Å². The number of rotatable bonds is 3. The topological polar surface area (TPSA) is 72.2 Å². The number of amides is 1. The number of fused-ring (bicyclic) bond motifs is 1. The van der Waals surface area contributed by atoms with E-state index in [0.717, 1.165) is 11.4 Å². The first-order chi connectivity index (χ1) is 10.0. The van der Waals surface area contributed by atoms with Crippen LogP contribution in [-0.4, -0.2) is 25.5 Å². The lowest BCUT2D eigenvalue weighted by Gasteiger charge is -2.05. The van der Waals surface area contributed by atoms with E-state index < -0.39 is 0 Å². The molecule has 0 unspecified atom stereocenters. The van der Waals surface area contributed by atoms with Gasteiger partial charge in [-0.25, -0.2) is 4.98 Å². The molecule has 3 aromatic rings. The molecule has 0 saturated heterocycles. The van der Waals surface area contributed by atoms with Gasteiger partial charge in [-0.2, -0.15) is 0 Å². The van der Waals surface area contributed by atoms with E-state index >= 15 is 0 Å². The first-order valence-corrected chi connectivity index (χ1v) is 7.46. The number of carbonyl (C=O) groups is 1. The van der Waals surface area contributed by atoms with Crippen molar-refractivity contribution in [2.75, 3.05) is 0 Å². The molecule has 21 heavy (non-hydrogen) atoms. The van der Waals surface area contributed by atoms with Crippen LogP contribution < -0.4 is 5.32 Å². The number of hydrogen-bond acceptors (Lipinski definition) is 5. The smallest absolute Gasteiger partial charge is 0.261 e. The first-order valence-electron chi connectivity index (χ1n) is 6.26. The second kappa shape index (κ2) is 5.42. The summed E-state index contributed by atoms with van der Waals surface area (Å²) in [7, 11) is 0. The van der Waals surface area contributed by atoms with Crippen LogP contribution in [0.3, 0.4) is 0 Å². The summed E-state index contributed by atoms with van der Waals surface area (Å²) < 4.78 is 2.41. The lowest BCUT2D eigenvalue weighted by atomic mass is 10.3. The second-order valence-corrected chi connectivity index (χ2v) is 6.29. The molecule has 0 aliphatic heterocycles. The van der Waals surface area contributed by atoms with Crippen molar-refractivity contribution in [2.45, 2.75) is 20.4 Å². The maximum absolute atomic E-state index is 12.0. The van der Waals surface area contributed by atoms with Crippen molar-refractivity contribution in [2.24, 2.45) is 0 Å². The van der Waals surface area contributed by atoms with Crippen LogP contribution in [0.25, 0.3) is 5.78 Å². The van der Waals surface area contributed by atoms with E-state index in [-0.39, 0.29) is 12.5 Å². The Bertz CT molecular complexity index is 825. The lowest BCUT2D eigenvalue weighted by Crippen LogP contribution is -2.23. The molecule has 3 heterocycles. The average Bonchev–Trinajstić information content (AvgIpc) is 3.02. The fourth-order valence-electron chi connectivity index (χ4n) is 2.10. The van der Waals surface area contributed by atoms with Crippen LogP contribution in [-0.2, 0) is 6.54 Å².